The van der Waals surface area contributed by atoms with Crippen molar-refractivity contribution in [3.63, 3.8) is 0 Å². The smallest absolute Gasteiger partial charge is 0.321 e. The first-order valence-corrected chi connectivity index (χ1v) is 6.99. The zero-order valence-electron chi connectivity index (χ0n) is 12.5. The Morgan fingerprint density at radius 1 is 1.05 bits per heavy atom. The number of imide groups is 1. The lowest BCUT2D eigenvalue weighted by Crippen LogP contribution is -2.46. The third kappa shape index (κ3) is 9.32. The summed E-state index contributed by atoms with van der Waals surface area (Å²) in [4.78, 5) is 36.1. The first-order valence-electron chi connectivity index (χ1n) is 6.99. The van der Waals surface area contributed by atoms with Crippen molar-refractivity contribution in [3.8, 4) is 0 Å². The maximum absolute atomic E-state index is 11.7. The van der Waals surface area contributed by atoms with Gasteiger partial charge >= 0.3 is 12.0 Å². The highest BCUT2D eigenvalue weighted by Gasteiger charge is 2.15. The summed E-state index contributed by atoms with van der Waals surface area (Å²) in [6, 6.07) is -0.510. The number of hydrogen-bond donors (Lipinski definition) is 2. The number of rotatable bonds is 9. The van der Waals surface area contributed by atoms with Gasteiger partial charge in [-0.15, -0.1) is 0 Å². The molecule has 0 aromatic rings. The second kappa shape index (κ2) is 11.2. The van der Waals surface area contributed by atoms with Crippen LogP contribution in [0.25, 0.3) is 0 Å². The molecule has 0 aliphatic carbocycles. The molecule has 0 aliphatic rings. The van der Waals surface area contributed by atoms with Gasteiger partial charge in [0.15, 0.2) is 0 Å². The van der Waals surface area contributed by atoms with Crippen LogP contribution in [0.2, 0.25) is 0 Å². The van der Waals surface area contributed by atoms with E-state index in [0.29, 0.717) is 19.7 Å². The summed E-state index contributed by atoms with van der Waals surface area (Å²) in [7, 11) is 0. The van der Waals surface area contributed by atoms with E-state index in [-0.39, 0.29) is 19.1 Å². The highest BCUT2D eigenvalue weighted by Crippen LogP contribution is 1.93. The first kappa shape index (κ1) is 18.4. The molecule has 116 valence electrons. The molecule has 0 unspecified atom stereocenters. The fourth-order valence-electron chi connectivity index (χ4n) is 1.57. The van der Waals surface area contributed by atoms with Crippen LogP contribution in [0, 0.1) is 0 Å². The number of amides is 3. The molecule has 0 saturated heterocycles. The number of hydrogen-bond acceptors (Lipinski definition) is 5. The van der Waals surface area contributed by atoms with Crippen LogP contribution in [0.15, 0.2) is 0 Å². The van der Waals surface area contributed by atoms with Gasteiger partial charge in [-0.3, -0.25) is 19.8 Å². The highest BCUT2D eigenvalue weighted by molar-refractivity contribution is 5.95. The Morgan fingerprint density at radius 3 is 2.30 bits per heavy atom. The SMILES string of the molecule is CCCNC(=O)NC(=O)CN(CCC)CC(=O)OCC. The maximum Gasteiger partial charge on any atom is 0.321 e. The Kier molecular flexibility index (Phi) is 10.3. The van der Waals surface area contributed by atoms with Crippen LogP contribution < -0.4 is 10.6 Å². The van der Waals surface area contributed by atoms with Crippen LogP contribution in [-0.2, 0) is 14.3 Å². The van der Waals surface area contributed by atoms with Crippen LogP contribution in [0.1, 0.15) is 33.6 Å². The van der Waals surface area contributed by atoms with Crippen molar-refractivity contribution >= 4 is 17.9 Å². The average Bonchev–Trinajstić information content (AvgIpc) is 2.36. The van der Waals surface area contributed by atoms with Crippen molar-refractivity contribution in [2.45, 2.75) is 33.6 Å². The molecular formula is C13H25N3O4. The third-order valence-corrected chi connectivity index (χ3v) is 2.35. The minimum absolute atomic E-state index is 0.00774. The van der Waals surface area contributed by atoms with E-state index < -0.39 is 11.9 Å². The Bertz CT molecular complexity index is 321. The predicted octanol–water partition coefficient (Wildman–Crippen LogP) is 0.497. The number of carbonyl (C=O) groups excluding carboxylic acids is 3. The Labute approximate surface area is 120 Å². The lowest BCUT2D eigenvalue weighted by molar-refractivity contribution is -0.144. The minimum Gasteiger partial charge on any atom is -0.465 e. The zero-order chi connectivity index (χ0) is 15.4. The number of esters is 1. The van der Waals surface area contributed by atoms with Gasteiger partial charge in [-0.25, -0.2) is 4.79 Å². The lowest BCUT2D eigenvalue weighted by atomic mass is 10.3. The molecule has 3 amide bonds. The van der Waals surface area contributed by atoms with Crippen LogP contribution >= 0.6 is 0 Å². The molecular weight excluding hydrogens is 262 g/mol. The highest BCUT2D eigenvalue weighted by atomic mass is 16.5. The molecule has 0 rings (SSSR count). The second-order valence-corrected chi connectivity index (χ2v) is 4.32. The van der Waals surface area contributed by atoms with E-state index in [1.165, 1.54) is 0 Å². The molecule has 0 radical (unpaired) electrons. The Hall–Kier alpha value is -1.63. The summed E-state index contributed by atoms with van der Waals surface area (Å²) in [6.07, 6.45) is 1.60. The van der Waals surface area contributed by atoms with Gasteiger partial charge in [0.2, 0.25) is 5.91 Å². The van der Waals surface area contributed by atoms with E-state index in [2.05, 4.69) is 10.6 Å². The van der Waals surface area contributed by atoms with Crippen LogP contribution in [0.4, 0.5) is 4.79 Å². The van der Waals surface area contributed by atoms with Crippen molar-refractivity contribution in [2.24, 2.45) is 0 Å². The minimum atomic E-state index is -0.510. The largest absolute Gasteiger partial charge is 0.465 e. The Balaban J connectivity index is 4.18. The van der Waals surface area contributed by atoms with Gasteiger partial charge < -0.3 is 10.1 Å². The summed E-state index contributed by atoms with van der Waals surface area (Å²) in [5.41, 5.74) is 0. The van der Waals surface area contributed by atoms with Crippen molar-refractivity contribution in [1.29, 1.82) is 0 Å². The molecule has 0 heterocycles. The van der Waals surface area contributed by atoms with Gasteiger partial charge in [-0.1, -0.05) is 13.8 Å². The van der Waals surface area contributed by atoms with Crippen molar-refractivity contribution in [1.82, 2.24) is 15.5 Å². The predicted molar refractivity (Wildman–Crippen MR) is 75.2 cm³/mol. The number of ether oxygens (including phenoxy) is 1. The number of urea groups is 1. The summed E-state index contributed by atoms with van der Waals surface area (Å²) < 4.78 is 4.84. The molecule has 0 aromatic carbocycles. The summed E-state index contributed by atoms with van der Waals surface area (Å²) in [5, 5.41) is 4.77. The topological polar surface area (TPSA) is 87.7 Å². The zero-order valence-corrected chi connectivity index (χ0v) is 12.5. The van der Waals surface area contributed by atoms with E-state index in [4.69, 9.17) is 4.74 Å². The molecule has 7 heteroatoms. The van der Waals surface area contributed by atoms with Crippen molar-refractivity contribution in [3.05, 3.63) is 0 Å². The van der Waals surface area contributed by atoms with Gasteiger partial charge in [-0.05, 0) is 26.3 Å². The van der Waals surface area contributed by atoms with E-state index >= 15 is 0 Å². The van der Waals surface area contributed by atoms with E-state index in [0.717, 1.165) is 12.8 Å². The monoisotopic (exact) mass is 287 g/mol. The quantitative estimate of drug-likeness (QED) is 0.603. The molecule has 0 atom stereocenters. The lowest BCUT2D eigenvalue weighted by Gasteiger charge is -2.19. The molecule has 0 spiro atoms. The van der Waals surface area contributed by atoms with E-state index in [1.54, 1.807) is 11.8 Å². The number of carbonyl (C=O) groups is 3. The van der Waals surface area contributed by atoms with Gasteiger partial charge in [0.25, 0.3) is 0 Å². The fourth-order valence-corrected chi connectivity index (χ4v) is 1.57. The third-order valence-electron chi connectivity index (χ3n) is 2.35. The Morgan fingerprint density at radius 2 is 1.75 bits per heavy atom. The van der Waals surface area contributed by atoms with Crippen LogP contribution in [0.5, 0.6) is 0 Å². The molecule has 2 N–H and O–H groups in total. The molecule has 0 fully saturated rings. The van der Waals surface area contributed by atoms with Gasteiger partial charge in [0, 0.05) is 6.54 Å². The fraction of sp³-hybridized carbons (Fsp3) is 0.769. The number of nitrogens with one attached hydrogen (secondary N) is 2. The first-order chi connectivity index (χ1) is 9.53. The summed E-state index contributed by atoms with van der Waals surface area (Å²) in [5.74, 6) is -0.805. The molecule has 20 heavy (non-hydrogen) atoms. The summed E-state index contributed by atoms with van der Waals surface area (Å²) >= 11 is 0. The number of nitrogens with zero attached hydrogens (tertiary/aromatic N) is 1. The van der Waals surface area contributed by atoms with Crippen LogP contribution in [-0.4, -0.2) is 55.6 Å². The van der Waals surface area contributed by atoms with E-state index in [1.807, 2.05) is 13.8 Å². The standard InChI is InChI=1S/C13H25N3O4/c1-4-7-14-13(19)15-11(17)9-16(8-5-2)10-12(18)20-6-3/h4-10H2,1-3H3,(H2,14,15,17,19). The van der Waals surface area contributed by atoms with Crippen molar-refractivity contribution in [2.75, 3.05) is 32.8 Å². The summed E-state index contributed by atoms with van der Waals surface area (Å²) in [6.45, 7) is 7.05. The van der Waals surface area contributed by atoms with Crippen LogP contribution in [0.3, 0.4) is 0 Å². The molecule has 0 bridgehead atoms. The van der Waals surface area contributed by atoms with E-state index in [9.17, 15) is 14.4 Å². The van der Waals surface area contributed by atoms with Gasteiger partial charge in [0.1, 0.15) is 0 Å². The molecule has 7 nitrogen and oxygen atoms in total. The molecule has 0 saturated carbocycles. The molecule has 0 aliphatic heterocycles. The van der Waals surface area contributed by atoms with Crippen molar-refractivity contribution < 1.29 is 19.1 Å². The maximum atomic E-state index is 11.7. The molecule has 0 aromatic heterocycles. The average molecular weight is 287 g/mol. The van der Waals surface area contributed by atoms with Gasteiger partial charge in [0.05, 0.1) is 19.7 Å². The van der Waals surface area contributed by atoms with Gasteiger partial charge in [-0.2, -0.15) is 0 Å². The second-order valence-electron chi connectivity index (χ2n) is 4.32. The normalized spacial score (nSPS) is 10.2.